The molecule has 0 spiro atoms. The number of ether oxygens (including phenoxy) is 3. The molecule has 1 heterocycles. The molecule has 2 aromatic rings. The molecule has 5 nitrogen and oxygen atoms in total. The van der Waals surface area contributed by atoms with Crippen molar-refractivity contribution in [2.45, 2.75) is 72.0 Å². The van der Waals surface area contributed by atoms with E-state index in [0.29, 0.717) is 38.2 Å². The average molecular weight is 453 g/mol. The molecule has 0 radical (unpaired) electrons. The Labute approximate surface area is 197 Å². The number of aryl methyl sites for hydroxylation is 3. The first-order chi connectivity index (χ1) is 16.0. The lowest BCUT2D eigenvalue weighted by atomic mass is 9.85. The molecule has 0 aliphatic carbocycles. The number of carbonyl (C=O) groups excluding carboxylic acids is 1. The Bertz CT molecular complexity index is 923. The van der Waals surface area contributed by atoms with Gasteiger partial charge in [0.15, 0.2) is 0 Å². The molecule has 178 valence electrons. The second-order valence-corrected chi connectivity index (χ2v) is 8.50. The molecule has 1 N–H and O–H groups in total. The van der Waals surface area contributed by atoms with E-state index in [1.165, 1.54) is 5.56 Å². The summed E-state index contributed by atoms with van der Waals surface area (Å²) in [6.07, 6.45) is 2.64. The predicted octanol–water partition coefficient (Wildman–Crippen LogP) is 6.14. The minimum Gasteiger partial charge on any atom is -0.429 e. The summed E-state index contributed by atoms with van der Waals surface area (Å²) in [5.41, 5.74) is 6.15. The summed E-state index contributed by atoms with van der Waals surface area (Å²) in [5, 5.41) is 11.3. The van der Waals surface area contributed by atoms with Gasteiger partial charge in [-0.3, -0.25) is 0 Å². The third kappa shape index (κ3) is 6.92. The van der Waals surface area contributed by atoms with Crippen molar-refractivity contribution in [2.24, 2.45) is 0 Å². The van der Waals surface area contributed by atoms with Crippen LogP contribution >= 0.6 is 0 Å². The first-order valence-electron chi connectivity index (χ1n) is 12.0. The molecule has 33 heavy (non-hydrogen) atoms. The molecule has 3 rings (SSSR count). The van der Waals surface area contributed by atoms with Gasteiger partial charge in [0.05, 0.1) is 6.10 Å². The Kier molecular flexibility index (Phi) is 9.52. The van der Waals surface area contributed by atoms with Crippen molar-refractivity contribution in [1.29, 1.82) is 0 Å². The molecule has 0 bridgehead atoms. The van der Waals surface area contributed by atoms with Crippen molar-refractivity contribution in [3.05, 3.63) is 76.0 Å². The fourth-order valence-electron chi connectivity index (χ4n) is 4.38. The molecule has 0 amide bonds. The molecule has 0 aromatic heterocycles. The zero-order chi connectivity index (χ0) is 23.6. The normalized spacial score (nSPS) is 17.5. The van der Waals surface area contributed by atoms with Gasteiger partial charge in [-0.15, -0.1) is 0 Å². The molecule has 0 saturated heterocycles. The van der Waals surface area contributed by atoms with Crippen molar-refractivity contribution in [3.8, 4) is 0 Å². The average Bonchev–Trinajstić information content (AvgIpc) is 2.82. The molecule has 2 aromatic carbocycles. The summed E-state index contributed by atoms with van der Waals surface area (Å²) in [6.45, 7) is 7.68. The molecular formula is C28H36O5. The quantitative estimate of drug-likeness (QED) is 0.534. The molecule has 1 unspecified atom stereocenters. The summed E-state index contributed by atoms with van der Waals surface area (Å²) >= 11 is 0. The van der Waals surface area contributed by atoms with E-state index in [9.17, 15) is 9.90 Å². The van der Waals surface area contributed by atoms with E-state index >= 15 is 0 Å². The topological polar surface area (TPSA) is 65.0 Å². The van der Waals surface area contributed by atoms with Crippen molar-refractivity contribution in [1.82, 2.24) is 0 Å². The first kappa shape index (κ1) is 25.0. The van der Waals surface area contributed by atoms with Crippen molar-refractivity contribution >= 4 is 11.7 Å². The van der Waals surface area contributed by atoms with Crippen LogP contribution in [0, 0.1) is 6.92 Å². The Balaban J connectivity index is 2.00. The van der Waals surface area contributed by atoms with Crippen LogP contribution in [0.25, 0.3) is 5.57 Å². The van der Waals surface area contributed by atoms with Crippen LogP contribution in [0.4, 0.5) is 4.79 Å². The van der Waals surface area contributed by atoms with Gasteiger partial charge in [-0.25, -0.2) is 4.79 Å². The van der Waals surface area contributed by atoms with Gasteiger partial charge in [-0.1, -0.05) is 61.9 Å². The zero-order valence-electron chi connectivity index (χ0n) is 20.1. The smallest absolute Gasteiger partial charge is 0.429 e. The van der Waals surface area contributed by atoms with Gasteiger partial charge in [0, 0.05) is 25.2 Å². The number of hydrogen-bond donors (Lipinski definition) is 1. The molecule has 5 heteroatoms. The fourth-order valence-corrected chi connectivity index (χ4v) is 4.38. The van der Waals surface area contributed by atoms with Gasteiger partial charge in [-0.05, 0) is 61.3 Å². The van der Waals surface area contributed by atoms with Crippen LogP contribution < -0.4 is 0 Å². The lowest BCUT2D eigenvalue weighted by Crippen LogP contribution is -2.20. The summed E-state index contributed by atoms with van der Waals surface area (Å²) in [6, 6.07) is 13.9. The summed E-state index contributed by atoms with van der Waals surface area (Å²) in [7, 11) is 0. The van der Waals surface area contributed by atoms with E-state index in [2.05, 4.69) is 32.9 Å². The highest BCUT2D eigenvalue weighted by Crippen LogP contribution is 2.35. The minimum absolute atomic E-state index is 0.138. The van der Waals surface area contributed by atoms with Gasteiger partial charge < -0.3 is 19.3 Å². The summed E-state index contributed by atoms with van der Waals surface area (Å²) in [4.78, 5) is 12.7. The van der Waals surface area contributed by atoms with E-state index in [4.69, 9.17) is 14.2 Å². The van der Waals surface area contributed by atoms with E-state index in [1.54, 1.807) is 0 Å². The van der Waals surface area contributed by atoms with E-state index in [1.807, 2.05) is 30.3 Å². The first-order valence-corrected chi connectivity index (χ1v) is 12.0. The second kappa shape index (κ2) is 12.6. The highest BCUT2D eigenvalue weighted by Gasteiger charge is 2.26. The maximum Gasteiger partial charge on any atom is 0.513 e. The van der Waals surface area contributed by atoms with E-state index < -0.39 is 12.3 Å². The third-order valence-corrected chi connectivity index (χ3v) is 5.98. The number of aliphatic hydroxyl groups excluding tert-OH is 1. The zero-order valence-corrected chi connectivity index (χ0v) is 20.1. The van der Waals surface area contributed by atoms with Crippen LogP contribution in [0.2, 0.25) is 0 Å². The Morgan fingerprint density at radius 1 is 1.06 bits per heavy atom. The van der Waals surface area contributed by atoms with Crippen molar-refractivity contribution in [3.63, 3.8) is 0 Å². The van der Waals surface area contributed by atoms with Crippen LogP contribution in [-0.4, -0.2) is 30.6 Å². The lowest BCUT2D eigenvalue weighted by Gasteiger charge is -2.25. The highest BCUT2D eigenvalue weighted by atomic mass is 16.7. The number of carbonyl (C=O) groups is 1. The van der Waals surface area contributed by atoms with E-state index in [0.717, 1.165) is 47.1 Å². The molecule has 1 atom stereocenters. The molecular weight excluding hydrogens is 416 g/mol. The van der Waals surface area contributed by atoms with Gasteiger partial charge in [0.1, 0.15) is 12.4 Å². The Hall–Kier alpha value is -2.63. The van der Waals surface area contributed by atoms with Crippen molar-refractivity contribution in [2.75, 3.05) is 13.2 Å². The number of hydrogen-bond acceptors (Lipinski definition) is 5. The SMILES string of the molecule is CCc1cc(C)cc(CC)c1C1=C(OC(=O)OCc2ccccc2)CCCOCCCC1O. The van der Waals surface area contributed by atoms with Crippen LogP contribution in [0.1, 0.15) is 67.3 Å². The maximum atomic E-state index is 12.7. The maximum absolute atomic E-state index is 12.7. The van der Waals surface area contributed by atoms with Gasteiger partial charge >= 0.3 is 6.16 Å². The summed E-state index contributed by atoms with van der Waals surface area (Å²) in [5.74, 6) is 0.485. The number of rotatable bonds is 6. The number of aliphatic hydroxyl groups is 1. The summed E-state index contributed by atoms with van der Waals surface area (Å²) < 4.78 is 16.9. The minimum atomic E-state index is -0.750. The lowest BCUT2D eigenvalue weighted by molar-refractivity contribution is 0.0647. The fraction of sp³-hybridized carbons (Fsp3) is 0.464. The monoisotopic (exact) mass is 452 g/mol. The Morgan fingerprint density at radius 3 is 2.39 bits per heavy atom. The largest absolute Gasteiger partial charge is 0.513 e. The molecule has 0 saturated carbocycles. The second-order valence-electron chi connectivity index (χ2n) is 8.50. The standard InChI is InChI=1S/C28H36O5/c1-4-22-17-20(3)18-23(5-2)26(22)27-24(29)13-9-15-31-16-10-14-25(27)33-28(30)32-19-21-11-7-6-8-12-21/h6-8,11-12,17-18,24,29H,4-5,9-10,13-16,19H2,1-3H3. The van der Waals surface area contributed by atoms with Gasteiger partial charge in [-0.2, -0.15) is 0 Å². The Morgan fingerprint density at radius 2 is 1.73 bits per heavy atom. The van der Waals surface area contributed by atoms with Crippen LogP contribution in [0.15, 0.2) is 48.2 Å². The van der Waals surface area contributed by atoms with Crippen molar-refractivity contribution < 1.29 is 24.1 Å². The molecule has 1 aliphatic rings. The number of allylic oxidation sites excluding steroid dienone is 1. The third-order valence-electron chi connectivity index (χ3n) is 5.98. The molecule has 1 aliphatic heterocycles. The van der Waals surface area contributed by atoms with Gasteiger partial charge in [0.25, 0.3) is 0 Å². The van der Waals surface area contributed by atoms with Crippen LogP contribution in [-0.2, 0) is 33.7 Å². The molecule has 0 fully saturated rings. The highest BCUT2D eigenvalue weighted by molar-refractivity contribution is 5.77. The predicted molar refractivity (Wildman–Crippen MR) is 130 cm³/mol. The van der Waals surface area contributed by atoms with Gasteiger partial charge in [0.2, 0.25) is 0 Å². The van der Waals surface area contributed by atoms with Crippen LogP contribution in [0.3, 0.4) is 0 Å². The van der Waals surface area contributed by atoms with E-state index in [-0.39, 0.29) is 6.61 Å². The number of benzene rings is 2. The van der Waals surface area contributed by atoms with Crippen LogP contribution in [0.5, 0.6) is 0 Å².